The van der Waals surface area contributed by atoms with Gasteiger partial charge >= 0.3 is 0 Å². The molecule has 0 unspecified atom stereocenters. The summed E-state index contributed by atoms with van der Waals surface area (Å²) in [7, 11) is 0. The van der Waals surface area contributed by atoms with Crippen LogP contribution in [0.1, 0.15) is 25.5 Å². The van der Waals surface area contributed by atoms with Crippen LogP contribution < -0.4 is 0 Å². The molecule has 1 fully saturated rings. The lowest BCUT2D eigenvalue weighted by Gasteiger charge is -2.23. The molecular weight excluding hydrogens is 334 g/mol. The molecule has 0 aliphatic carbocycles. The summed E-state index contributed by atoms with van der Waals surface area (Å²) in [5.41, 5.74) is 0.821. The molecule has 1 atom stereocenters. The maximum Gasteiger partial charge on any atom is 0.150 e. The number of hydrogen-bond acceptors (Lipinski definition) is 2. The van der Waals surface area contributed by atoms with Crippen molar-refractivity contribution in [1.82, 2.24) is 9.78 Å². The Morgan fingerprint density at radius 3 is 3.06 bits per heavy atom. The molecule has 1 saturated heterocycles. The molecule has 0 saturated carbocycles. The molecule has 5 heteroatoms. The third-order valence-corrected chi connectivity index (χ3v) is 3.82. The minimum absolute atomic E-state index is 0.0448. The quantitative estimate of drug-likeness (QED) is 0.740. The summed E-state index contributed by atoms with van der Waals surface area (Å²) in [5, 5.41) is 5.01. The van der Waals surface area contributed by atoms with E-state index >= 15 is 0 Å². The Labute approximate surface area is 112 Å². The zero-order valence-corrected chi connectivity index (χ0v) is 11.4. The van der Waals surface area contributed by atoms with Crippen molar-refractivity contribution in [3.05, 3.63) is 27.7 Å². The number of halogens is 2. The molecule has 1 aromatic carbocycles. The Morgan fingerprint density at radius 1 is 1.41 bits per heavy atom. The van der Waals surface area contributed by atoms with Crippen molar-refractivity contribution in [1.29, 1.82) is 0 Å². The van der Waals surface area contributed by atoms with E-state index in [9.17, 15) is 4.39 Å². The summed E-state index contributed by atoms with van der Waals surface area (Å²) in [5.74, 6) is -0.214. The van der Waals surface area contributed by atoms with Crippen LogP contribution in [0.25, 0.3) is 10.9 Å². The molecular formula is C12H12FIN2O. The first-order valence-corrected chi connectivity index (χ1v) is 6.79. The summed E-state index contributed by atoms with van der Waals surface area (Å²) in [6.45, 7) is 0.762. The molecule has 0 bridgehead atoms. The number of fused-ring (bicyclic) bond motifs is 1. The van der Waals surface area contributed by atoms with Gasteiger partial charge in [-0.05, 0) is 54.0 Å². The molecule has 1 aliphatic rings. The minimum Gasteiger partial charge on any atom is -0.356 e. The van der Waals surface area contributed by atoms with E-state index < -0.39 is 0 Å². The molecule has 17 heavy (non-hydrogen) atoms. The highest BCUT2D eigenvalue weighted by atomic mass is 127. The molecule has 0 amide bonds. The average Bonchev–Trinajstić information content (AvgIpc) is 2.69. The van der Waals surface area contributed by atoms with Crippen LogP contribution in [0.5, 0.6) is 0 Å². The Hall–Kier alpha value is -0.690. The fourth-order valence-corrected chi connectivity index (χ4v) is 3.01. The van der Waals surface area contributed by atoms with E-state index in [1.807, 2.05) is 10.7 Å². The zero-order chi connectivity index (χ0) is 11.8. The van der Waals surface area contributed by atoms with Gasteiger partial charge in [-0.3, -0.25) is 0 Å². The van der Waals surface area contributed by atoms with Crippen LogP contribution in [0, 0.1) is 9.52 Å². The second kappa shape index (κ2) is 4.53. The normalized spacial score (nSPS) is 20.9. The number of benzene rings is 1. The number of aromatic nitrogens is 2. The van der Waals surface area contributed by atoms with Crippen LogP contribution in [0.3, 0.4) is 0 Å². The SMILES string of the molecule is Fc1cccc2c1c(I)nn2[C@@H]1CCCCO1. The lowest BCUT2D eigenvalue weighted by atomic mass is 10.2. The fourth-order valence-electron chi connectivity index (χ4n) is 2.24. The molecule has 2 heterocycles. The van der Waals surface area contributed by atoms with Gasteiger partial charge in [-0.15, -0.1) is 0 Å². The molecule has 90 valence electrons. The maximum atomic E-state index is 13.7. The van der Waals surface area contributed by atoms with E-state index in [0.29, 0.717) is 9.09 Å². The molecule has 0 N–H and O–H groups in total. The van der Waals surface area contributed by atoms with Crippen molar-refractivity contribution < 1.29 is 9.13 Å². The Bertz CT molecular complexity index is 549. The first kappa shape index (κ1) is 11.4. The van der Waals surface area contributed by atoms with Crippen molar-refractivity contribution in [2.45, 2.75) is 25.5 Å². The van der Waals surface area contributed by atoms with E-state index in [1.165, 1.54) is 6.07 Å². The summed E-state index contributed by atoms with van der Waals surface area (Å²) in [6.07, 6.45) is 3.14. The third kappa shape index (κ3) is 1.95. The van der Waals surface area contributed by atoms with E-state index in [-0.39, 0.29) is 12.0 Å². The van der Waals surface area contributed by atoms with Crippen LogP contribution >= 0.6 is 22.6 Å². The van der Waals surface area contributed by atoms with Crippen LogP contribution in [-0.2, 0) is 4.74 Å². The highest BCUT2D eigenvalue weighted by molar-refractivity contribution is 14.1. The highest BCUT2D eigenvalue weighted by Gasteiger charge is 2.21. The van der Waals surface area contributed by atoms with E-state index in [2.05, 4.69) is 27.7 Å². The highest BCUT2D eigenvalue weighted by Crippen LogP contribution is 2.29. The van der Waals surface area contributed by atoms with E-state index in [0.717, 1.165) is 31.4 Å². The van der Waals surface area contributed by atoms with Gasteiger partial charge in [0.15, 0.2) is 6.23 Å². The van der Waals surface area contributed by atoms with Crippen LogP contribution in [0.4, 0.5) is 4.39 Å². The fraction of sp³-hybridized carbons (Fsp3) is 0.417. The molecule has 3 rings (SSSR count). The van der Waals surface area contributed by atoms with Crippen molar-refractivity contribution in [2.75, 3.05) is 6.61 Å². The molecule has 0 radical (unpaired) electrons. The van der Waals surface area contributed by atoms with Crippen LogP contribution in [0.15, 0.2) is 18.2 Å². The predicted molar refractivity (Wildman–Crippen MR) is 71.2 cm³/mol. The average molecular weight is 346 g/mol. The second-order valence-corrected chi connectivity index (χ2v) is 5.21. The monoisotopic (exact) mass is 346 g/mol. The van der Waals surface area contributed by atoms with Crippen molar-refractivity contribution in [3.8, 4) is 0 Å². The number of hydrogen-bond donors (Lipinski definition) is 0. The van der Waals surface area contributed by atoms with Gasteiger partial charge in [0, 0.05) is 6.61 Å². The van der Waals surface area contributed by atoms with Gasteiger partial charge in [-0.1, -0.05) is 6.07 Å². The van der Waals surface area contributed by atoms with Gasteiger partial charge in [0.05, 0.1) is 10.9 Å². The third-order valence-electron chi connectivity index (χ3n) is 3.07. The molecule has 1 aromatic heterocycles. The Morgan fingerprint density at radius 2 is 2.29 bits per heavy atom. The van der Waals surface area contributed by atoms with Gasteiger partial charge in [0.25, 0.3) is 0 Å². The van der Waals surface area contributed by atoms with Crippen molar-refractivity contribution in [3.63, 3.8) is 0 Å². The molecule has 3 nitrogen and oxygen atoms in total. The molecule has 2 aromatic rings. The smallest absolute Gasteiger partial charge is 0.150 e. The van der Waals surface area contributed by atoms with Crippen LogP contribution in [0.2, 0.25) is 0 Å². The molecule has 0 spiro atoms. The lowest BCUT2D eigenvalue weighted by molar-refractivity contribution is -0.0368. The Kier molecular flexibility index (Phi) is 3.04. The van der Waals surface area contributed by atoms with Gasteiger partial charge in [-0.25, -0.2) is 9.07 Å². The summed E-state index contributed by atoms with van der Waals surface area (Å²) in [4.78, 5) is 0. The Balaban J connectivity index is 2.13. The summed E-state index contributed by atoms with van der Waals surface area (Å²) < 4.78 is 21.9. The van der Waals surface area contributed by atoms with Gasteiger partial charge < -0.3 is 4.74 Å². The standard InChI is InChI=1S/C12H12FIN2O/c13-8-4-3-5-9-11(8)12(14)15-16(9)10-6-1-2-7-17-10/h3-5,10H,1-2,6-7H2/t10-/m0/s1. The van der Waals surface area contributed by atoms with E-state index in [4.69, 9.17) is 4.74 Å². The number of ether oxygens (including phenoxy) is 1. The van der Waals surface area contributed by atoms with Gasteiger partial charge in [0.2, 0.25) is 0 Å². The van der Waals surface area contributed by atoms with Crippen LogP contribution in [-0.4, -0.2) is 16.4 Å². The second-order valence-electron chi connectivity index (χ2n) is 4.19. The lowest BCUT2D eigenvalue weighted by Crippen LogP contribution is -2.19. The topological polar surface area (TPSA) is 27.1 Å². The van der Waals surface area contributed by atoms with Crippen molar-refractivity contribution in [2.24, 2.45) is 0 Å². The molecule has 1 aliphatic heterocycles. The summed E-state index contributed by atoms with van der Waals surface area (Å²) >= 11 is 2.07. The van der Waals surface area contributed by atoms with Gasteiger partial charge in [-0.2, -0.15) is 5.10 Å². The zero-order valence-electron chi connectivity index (χ0n) is 9.20. The maximum absolute atomic E-state index is 13.7. The van der Waals surface area contributed by atoms with Gasteiger partial charge in [0.1, 0.15) is 9.52 Å². The summed E-state index contributed by atoms with van der Waals surface area (Å²) in [6, 6.07) is 5.08. The largest absolute Gasteiger partial charge is 0.356 e. The number of nitrogens with zero attached hydrogens (tertiary/aromatic N) is 2. The number of rotatable bonds is 1. The van der Waals surface area contributed by atoms with Crippen molar-refractivity contribution >= 4 is 33.5 Å². The predicted octanol–water partition coefficient (Wildman–Crippen LogP) is 3.48. The first-order chi connectivity index (χ1) is 8.27. The minimum atomic E-state index is -0.214. The van der Waals surface area contributed by atoms with E-state index in [1.54, 1.807) is 6.07 Å². The first-order valence-electron chi connectivity index (χ1n) is 5.71.